The second-order valence-corrected chi connectivity index (χ2v) is 7.71. The van der Waals surface area contributed by atoms with E-state index < -0.39 is 28.3 Å². The van der Waals surface area contributed by atoms with Gasteiger partial charge in [0.1, 0.15) is 11.4 Å². The molecule has 4 N–H and O–H groups in total. The molecule has 1 atom stereocenters. The molecule has 1 aromatic carbocycles. The molecule has 1 aliphatic heterocycles. The first-order chi connectivity index (χ1) is 11.7. The molecule has 2 fully saturated rings. The number of carboxylic acids is 1. The number of hydrogen-bond acceptors (Lipinski definition) is 4. The number of aromatic nitrogens is 1. The third-order valence-corrected chi connectivity index (χ3v) is 6.04. The van der Waals surface area contributed by atoms with Crippen LogP contribution < -0.4 is 16.1 Å². The van der Waals surface area contributed by atoms with Crippen LogP contribution in [0.4, 0.5) is 10.1 Å². The van der Waals surface area contributed by atoms with Gasteiger partial charge in [-0.25, -0.2) is 9.18 Å². The Bertz CT molecular complexity index is 975. The van der Waals surface area contributed by atoms with E-state index in [0.29, 0.717) is 13.1 Å². The summed E-state index contributed by atoms with van der Waals surface area (Å²) < 4.78 is 14.8. The number of nitrogens with one attached hydrogen (secondary N) is 1. The fourth-order valence-electron chi connectivity index (χ4n) is 3.94. The molecule has 2 aromatic rings. The Morgan fingerprint density at radius 3 is 2.68 bits per heavy atom. The van der Waals surface area contributed by atoms with Crippen LogP contribution in [0.25, 0.3) is 10.9 Å². The number of benzene rings is 1. The van der Waals surface area contributed by atoms with E-state index in [2.05, 4.69) is 4.98 Å². The summed E-state index contributed by atoms with van der Waals surface area (Å²) in [6.07, 6.45) is 3.09. The molecule has 2 heterocycles. The Hall–Kier alpha value is -2.12. The van der Waals surface area contributed by atoms with Crippen LogP contribution in [-0.4, -0.2) is 34.7 Å². The van der Waals surface area contributed by atoms with Crippen molar-refractivity contribution in [2.75, 3.05) is 18.0 Å². The van der Waals surface area contributed by atoms with Crippen LogP contribution in [0.1, 0.15) is 30.1 Å². The maximum atomic E-state index is 14.8. The van der Waals surface area contributed by atoms with Crippen molar-refractivity contribution >= 4 is 34.2 Å². The topological polar surface area (TPSA) is 99.4 Å². The third kappa shape index (κ3) is 2.19. The highest BCUT2D eigenvalue weighted by atomic mass is 35.5. The molecule has 1 aliphatic carbocycles. The number of carboxylic acid groups (broad SMARTS) is 1. The van der Waals surface area contributed by atoms with Crippen LogP contribution in [0.15, 0.2) is 17.1 Å². The van der Waals surface area contributed by atoms with E-state index in [1.807, 2.05) is 11.8 Å². The summed E-state index contributed by atoms with van der Waals surface area (Å²) >= 11 is 6.40. The van der Waals surface area contributed by atoms with Gasteiger partial charge in [0.25, 0.3) is 0 Å². The highest BCUT2D eigenvalue weighted by molar-refractivity contribution is 6.38. The molecular formula is C17H17ClFN3O3. The molecule has 1 saturated carbocycles. The Balaban J connectivity index is 1.88. The smallest absolute Gasteiger partial charge is 0.341 e. The lowest BCUT2D eigenvalue weighted by atomic mass is 9.87. The van der Waals surface area contributed by atoms with Crippen LogP contribution in [0.5, 0.6) is 0 Å². The average molecular weight is 366 g/mol. The van der Waals surface area contributed by atoms with Gasteiger partial charge in [-0.2, -0.15) is 0 Å². The molecule has 0 radical (unpaired) electrons. The van der Waals surface area contributed by atoms with E-state index in [0.717, 1.165) is 25.1 Å². The Kier molecular flexibility index (Phi) is 3.24. The highest BCUT2D eigenvalue weighted by Gasteiger charge is 2.60. The van der Waals surface area contributed by atoms with Crippen molar-refractivity contribution in [2.24, 2.45) is 11.1 Å². The first kappa shape index (κ1) is 16.4. The Morgan fingerprint density at radius 2 is 2.12 bits per heavy atom. The lowest BCUT2D eigenvalue weighted by Crippen LogP contribution is -2.45. The molecule has 8 heteroatoms. The van der Waals surface area contributed by atoms with Crippen molar-refractivity contribution in [1.82, 2.24) is 4.98 Å². The van der Waals surface area contributed by atoms with Gasteiger partial charge in [0, 0.05) is 30.2 Å². The number of nitrogens with two attached hydrogens (primary N) is 1. The Morgan fingerprint density at radius 1 is 1.44 bits per heavy atom. The van der Waals surface area contributed by atoms with Gasteiger partial charge in [0.15, 0.2) is 0 Å². The van der Waals surface area contributed by atoms with Crippen LogP contribution in [0.3, 0.4) is 0 Å². The molecule has 25 heavy (non-hydrogen) atoms. The number of aromatic amines is 1. The maximum Gasteiger partial charge on any atom is 0.341 e. The van der Waals surface area contributed by atoms with Crippen molar-refractivity contribution < 1.29 is 14.3 Å². The summed E-state index contributed by atoms with van der Waals surface area (Å²) in [7, 11) is 0. The van der Waals surface area contributed by atoms with Crippen molar-refractivity contribution in [3.8, 4) is 0 Å². The lowest BCUT2D eigenvalue weighted by Gasteiger charge is -2.25. The van der Waals surface area contributed by atoms with E-state index in [1.54, 1.807) is 0 Å². The van der Waals surface area contributed by atoms with Gasteiger partial charge in [-0.15, -0.1) is 0 Å². The summed E-state index contributed by atoms with van der Waals surface area (Å²) in [5.41, 5.74) is 5.16. The van der Waals surface area contributed by atoms with Crippen molar-refractivity contribution in [3.63, 3.8) is 0 Å². The van der Waals surface area contributed by atoms with Crippen molar-refractivity contribution in [2.45, 2.75) is 25.3 Å². The van der Waals surface area contributed by atoms with Gasteiger partial charge in [-0.05, 0) is 25.8 Å². The SMILES string of the molecule is C[C@@]1(N)CN(c2c(F)cc3c(=O)c(C(=O)O)c[nH]c3c2Cl)CC12CC2. The summed E-state index contributed by atoms with van der Waals surface area (Å²) in [5, 5.41) is 9.03. The second-order valence-electron chi connectivity index (χ2n) is 7.33. The predicted octanol–water partition coefficient (Wildman–Crippen LogP) is 2.34. The largest absolute Gasteiger partial charge is 0.477 e. The fraction of sp³-hybridized carbons (Fsp3) is 0.412. The summed E-state index contributed by atoms with van der Waals surface area (Å²) in [5.74, 6) is -2.03. The van der Waals surface area contributed by atoms with Crippen LogP contribution in [-0.2, 0) is 0 Å². The number of fused-ring (bicyclic) bond motifs is 1. The van der Waals surface area contributed by atoms with Gasteiger partial charge in [-0.1, -0.05) is 11.6 Å². The van der Waals surface area contributed by atoms with Crippen molar-refractivity contribution in [3.05, 3.63) is 38.9 Å². The van der Waals surface area contributed by atoms with E-state index >= 15 is 0 Å². The number of anilines is 1. The molecule has 1 aromatic heterocycles. The molecular weight excluding hydrogens is 349 g/mol. The monoisotopic (exact) mass is 365 g/mol. The van der Waals surface area contributed by atoms with Crippen LogP contribution >= 0.6 is 11.6 Å². The number of aromatic carboxylic acids is 1. The highest BCUT2D eigenvalue weighted by Crippen LogP contribution is 2.58. The number of rotatable bonds is 2. The molecule has 6 nitrogen and oxygen atoms in total. The minimum atomic E-state index is -1.38. The molecule has 0 unspecified atom stereocenters. The molecule has 4 rings (SSSR count). The standard InChI is InChI=1S/C17H17ClFN3O3/c1-16(20)6-22(7-17(16)2-3-17)13-10(19)4-8-12(11(13)18)21-5-9(14(8)23)15(24)25/h4-5H,2-3,6-7,20H2,1H3,(H,21,23)(H,24,25)/t16-/m1/s1. The minimum absolute atomic E-state index is 0.0156. The Labute approximate surface area is 147 Å². The number of nitrogens with zero attached hydrogens (tertiary/aromatic N) is 1. The van der Waals surface area contributed by atoms with Gasteiger partial charge in [-0.3, -0.25) is 4.79 Å². The van der Waals surface area contributed by atoms with Gasteiger partial charge in [0.05, 0.1) is 21.6 Å². The fourth-order valence-corrected chi connectivity index (χ4v) is 4.30. The number of pyridine rings is 1. The van der Waals surface area contributed by atoms with E-state index in [4.69, 9.17) is 22.4 Å². The van der Waals surface area contributed by atoms with Gasteiger partial charge < -0.3 is 20.7 Å². The third-order valence-electron chi connectivity index (χ3n) is 5.67. The summed E-state index contributed by atoms with van der Waals surface area (Å²) in [6, 6.07) is 1.05. The van der Waals surface area contributed by atoms with E-state index in [1.165, 1.54) is 0 Å². The minimum Gasteiger partial charge on any atom is -0.477 e. The number of H-pyrrole nitrogens is 1. The number of hydrogen-bond donors (Lipinski definition) is 3. The zero-order chi connectivity index (χ0) is 18.1. The van der Waals surface area contributed by atoms with Gasteiger partial charge >= 0.3 is 5.97 Å². The van der Waals surface area contributed by atoms with Gasteiger partial charge in [0.2, 0.25) is 5.43 Å². The first-order valence-corrected chi connectivity index (χ1v) is 8.35. The van der Waals surface area contributed by atoms with Crippen LogP contribution in [0, 0.1) is 11.2 Å². The lowest BCUT2D eigenvalue weighted by molar-refractivity contribution is 0.0695. The summed E-state index contributed by atoms with van der Waals surface area (Å²) in [6.45, 7) is 3.04. The molecule has 2 aliphatic rings. The number of carbonyl (C=O) groups is 1. The number of halogens is 2. The molecule has 0 amide bonds. The second kappa shape index (κ2) is 4.95. The van der Waals surface area contributed by atoms with Crippen molar-refractivity contribution in [1.29, 1.82) is 0 Å². The molecule has 132 valence electrons. The molecule has 1 saturated heterocycles. The first-order valence-electron chi connectivity index (χ1n) is 7.97. The zero-order valence-corrected chi connectivity index (χ0v) is 14.3. The average Bonchev–Trinajstić information content (AvgIpc) is 3.23. The zero-order valence-electron chi connectivity index (χ0n) is 13.5. The van der Waals surface area contributed by atoms with E-state index in [-0.39, 0.29) is 27.0 Å². The van der Waals surface area contributed by atoms with Crippen LogP contribution in [0.2, 0.25) is 5.02 Å². The quantitative estimate of drug-likeness (QED) is 0.758. The normalized spacial score (nSPS) is 24.2. The maximum absolute atomic E-state index is 14.8. The predicted molar refractivity (Wildman–Crippen MR) is 93.0 cm³/mol. The summed E-state index contributed by atoms with van der Waals surface area (Å²) in [4.78, 5) is 27.9. The van der Waals surface area contributed by atoms with E-state index in [9.17, 15) is 14.0 Å². The molecule has 0 bridgehead atoms. The molecule has 1 spiro atoms.